The van der Waals surface area contributed by atoms with Gasteiger partial charge in [-0.25, -0.2) is 4.18 Å². The zero-order valence-electron chi connectivity index (χ0n) is 38.2. The number of unbranched alkanes of at least 4 members (excludes halogenated alkanes) is 23. The van der Waals surface area contributed by atoms with Crippen molar-refractivity contribution in [2.75, 3.05) is 26.4 Å². The van der Waals surface area contributed by atoms with Gasteiger partial charge in [-0.2, -0.15) is 8.42 Å². The highest BCUT2D eigenvalue weighted by Gasteiger charge is 2.48. The van der Waals surface area contributed by atoms with Crippen LogP contribution in [0.15, 0.2) is 36.5 Å². The number of aliphatic hydroxyl groups is 3. The summed E-state index contributed by atoms with van der Waals surface area (Å²) in [7, 11) is -5.06. The molecule has 1 fully saturated rings. The zero-order chi connectivity index (χ0) is 44.7. The molecule has 4 N–H and O–H groups in total. The lowest BCUT2D eigenvalue weighted by Gasteiger charge is -2.41. The summed E-state index contributed by atoms with van der Waals surface area (Å²) in [5.74, 6) is -0.405. The second kappa shape index (κ2) is 39.9. The normalized spacial score (nSPS) is 20.4. The van der Waals surface area contributed by atoms with Crippen LogP contribution < -0.4 is 0 Å². The highest BCUT2D eigenvalue weighted by Crippen LogP contribution is 2.26. The molecule has 6 atom stereocenters. The molecule has 0 aromatic carbocycles. The number of carbonyl (C=O) groups is 1. The Kier molecular flexibility index (Phi) is 37.5. The van der Waals surface area contributed by atoms with Crippen molar-refractivity contribution in [3.8, 4) is 0 Å². The van der Waals surface area contributed by atoms with Crippen LogP contribution in [0.25, 0.3) is 0 Å². The predicted octanol–water partition coefficient (Wildman–Crippen LogP) is 10.6. The Balaban J connectivity index is 2.39. The standard InChI is InChI=1S/C48H88O12S/c1-3-5-7-9-11-13-15-17-19-20-21-22-23-25-27-29-31-33-35-37-44(50)58-42(41-57-48-46(52)47(60-61(53,54)55)45(51)43(39-49)59-48)40-56-38-36-34-32-30-28-26-24-18-16-14-12-10-8-6-4-2/h10,12,16-19,42-43,45-49,51-52H,3-9,11,13-15,20-41H2,1-2H3,(H,53,54,55)/b12-10-,18-16-,19-17-. The van der Waals surface area contributed by atoms with Crippen LogP contribution >= 0.6 is 0 Å². The quantitative estimate of drug-likeness (QED) is 0.0198. The lowest BCUT2D eigenvalue weighted by molar-refractivity contribution is -0.301. The molecule has 1 aliphatic heterocycles. The average molecular weight is 889 g/mol. The summed E-state index contributed by atoms with van der Waals surface area (Å²) in [6, 6.07) is 0. The zero-order valence-corrected chi connectivity index (χ0v) is 39.0. The molecule has 0 radical (unpaired) electrons. The molecule has 358 valence electrons. The monoisotopic (exact) mass is 889 g/mol. The molecule has 6 unspecified atom stereocenters. The molecule has 1 saturated heterocycles. The van der Waals surface area contributed by atoms with E-state index < -0.39 is 59.8 Å². The summed E-state index contributed by atoms with van der Waals surface area (Å²) in [6.45, 7) is 3.93. The molecule has 0 aliphatic carbocycles. The fourth-order valence-corrected chi connectivity index (χ4v) is 7.78. The lowest BCUT2D eigenvalue weighted by Crippen LogP contribution is -2.60. The number of hydrogen-bond donors (Lipinski definition) is 4. The first-order chi connectivity index (χ1) is 29.6. The van der Waals surface area contributed by atoms with Gasteiger partial charge < -0.3 is 34.3 Å². The lowest BCUT2D eigenvalue weighted by atomic mass is 9.99. The van der Waals surface area contributed by atoms with Gasteiger partial charge in [-0.3, -0.25) is 9.35 Å². The Bertz CT molecular complexity index is 1210. The summed E-state index contributed by atoms with van der Waals surface area (Å²) in [5.41, 5.74) is 0. The van der Waals surface area contributed by atoms with Crippen molar-refractivity contribution in [1.82, 2.24) is 0 Å². The maximum absolute atomic E-state index is 12.9. The van der Waals surface area contributed by atoms with Crippen LogP contribution in [0.4, 0.5) is 0 Å². The van der Waals surface area contributed by atoms with Crippen molar-refractivity contribution in [3.05, 3.63) is 36.5 Å². The fraction of sp³-hybridized carbons (Fsp3) is 0.854. The summed E-state index contributed by atoms with van der Waals surface area (Å²) in [5, 5.41) is 30.7. The van der Waals surface area contributed by atoms with Crippen LogP contribution in [0.1, 0.15) is 200 Å². The van der Waals surface area contributed by atoms with E-state index in [2.05, 4.69) is 54.5 Å². The van der Waals surface area contributed by atoms with Crippen LogP contribution in [0, 0.1) is 0 Å². The van der Waals surface area contributed by atoms with Gasteiger partial charge in [-0.05, 0) is 64.2 Å². The minimum atomic E-state index is -5.06. The molecular formula is C48H88O12S. The number of esters is 1. The van der Waals surface area contributed by atoms with Crippen molar-refractivity contribution < 1.29 is 56.2 Å². The van der Waals surface area contributed by atoms with Crippen molar-refractivity contribution in [2.24, 2.45) is 0 Å². The van der Waals surface area contributed by atoms with Gasteiger partial charge in [-0.1, -0.05) is 166 Å². The number of aliphatic hydroxyl groups excluding tert-OH is 3. The van der Waals surface area contributed by atoms with E-state index in [1.165, 1.54) is 109 Å². The summed E-state index contributed by atoms with van der Waals surface area (Å²) < 4.78 is 59.1. The third kappa shape index (κ3) is 33.5. The van der Waals surface area contributed by atoms with Gasteiger partial charge in [-0.15, -0.1) is 0 Å². The van der Waals surface area contributed by atoms with E-state index in [0.29, 0.717) is 13.0 Å². The first kappa shape index (κ1) is 57.3. The molecule has 61 heavy (non-hydrogen) atoms. The maximum Gasteiger partial charge on any atom is 0.397 e. The minimum Gasteiger partial charge on any atom is -0.457 e. The van der Waals surface area contributed by atoms with Crippen molar-refractivity contribution in [2.45, 2.75) is 237 Å². The van der Waals surface area contributed by atoms with Crippen LogP contribution in [0.2, 0.25) is 0 Å². The van der Waals surface area contributed by atoms with E-state index in [1.54, 1.807) is 0 Å². The largest absolute Gasteiger partial charge is 0.457 e. The van der Waals surface area contributed by atoms with E-state index >= 15 is 0 Å². The number of hydrogen-bond acceptors (Lipinski definition) is 11. The highest BCUT2D eigenvalue weighted by atomic mass is 32.3. The maximum atomic E-state index is 12.9. The molecule has 13 heteroatoms. The molecule has 12 nitrogen and oxygen atoms in total. The fourth-order valence-electron chi connectivity index (χ4n) is 7.27. The molecule has 1 aliphatic rings. The van der Waals surface area contributed by atoms with Crippen LogP contribution in [0.5, 0.6) is 0 Å². The minimum absolute atomic E-state index is 0.0289. The van der Waals surface area contributed by atoms with Gasteiger partial charge in [0.25, 0.3) is 0 Å². The smallest absolute Gasteiger partial charge is 0.397 e. The van der Waals surface area contributed by atoms with Gasteiger partial charge in [0.1, 0.15) is 30.5 Å². The predicted molar refractivity (Wildman–Crippen MR) is 243 cm³/mol. The van der Waals surface area contributed by atoms with E-state index in [0.717, 1.165) is 64.2 Å². The molecule has 0 aromatic rings. The molecule has 1 heterocycles. The van der Waals surface area contributed by atoms with Gasteiger partial charge in [0, 0.05) is 13.0 Å². The summed E-state index contributed by atoms with van der Waals surface area (Å²) in [4.78, 5) is 12.9. The third-order valence-electron chi connectivity index (χ3n) is 11.0. The molecule has 0 saturated carbocycles. The van der Waals surface area contributed by atoms with Gasteiger partial charge in [0.2, 0.25) is 0 Å². The second-order valence-corrected chi connectivity index (χ2v) is 17.7. The molecule has 0 spiro atoms. The molecular weight excluding hydrogens is 801 g/mol. The highest BCUT2D eigenvalue weighted by molar-refractivity contribution is 7.80. The second-order valence-electron chi connectivity index (χ2n) is 16.7. The van der Waals surface area contributed by atoms with Crippen LogP contribution in [-0.2, 0) is 38.3 Å². The van der Waals surface area contributed by atoms with Crippen molar-refractivity contribution >= 4 is 16.4 Å². The van der Waals surface area contributed by atoms with E-state index in [9.17, 15) is 33.1 Å². The first-order valence-electron chi connectivity index (χ1n) is 24.2. The molecule has 0 bridgehead atoms. The van der Waals surface area contributed by atoms with Crippen molar-refractivity contribution in [3.63, 3.8) is 0 Å². The number of ether oxygens (including phenoxy) is 4. The number of allylic oxidation sites excluding steroid dienone is 6. The molecule has 0 amide bonds. The Labute approximate surface area is 371 Å². The van der Waals surface area contributed by atoms with E-state index in [4.69, 9.17) is 18.9 Å². The Morgan fingerprint density at radius 2 is 1.10 bits per heavy atom. The number of rotatable bonds is 42. The summed E-state index contributed by atoms with van der Waals surface area (Å²) >= 11 is 0. The topological polar surface area (TPSA) is 178 Å². The Morgan fingerprint density at radius 1 is 0.623 bits per heavy atom. The Hall–Kier alpha value is -1.68. The average Bonchev–Trinajstić information content (AvgIpc) is 3.23. The van der Waals surface area contributed by atoms with Gasteiger partial charge >= 0.3 is 16.4 Å². The van der Waals surface area contributed by atoms with Crippen molar-refractivity contribution in [1.29, 1.82) is 0 Å². The number of carbonyl (C=O) groups excluding carboxylic acids is 1. The molecule has 0 aromatic heterocycles. The van der Waals surface area contributed by atoms with Gasteiger partial charge in [0.15, 0.2) is 6.29 Å². The van der Waals surface area contributed by atoms with Gasteiger partial charge in [0.05, 0.1) is 19.8 Å². The third-order valence-corrected chi connectivity index (χ3v) is 11.5. The SMILES string of the molecule is CCCC/C=C\C/C=C\CCCCCCCCOCC(COC1OC(CO)C(O)C(OS(=O)(=O)O)C1O)OC(=O)CCCCCCCCCCC/C=C\CCCCCCCC. The molecule has 1 rings (SSSR count). The van der Waals surface area contributed by atoms with E-state index in [1.807, 2.05) is 0 Å². The van der Waals surface area contributed by atoms with E-state index in [-0.39, 0.29) is 19.6 Å². The van der Waals surface area contributed by atoms with Crippen LogP contribution in [-0.4, -0.2) is 97.5 Å². The summed E-state index contributed by atoms with van der Waals surface area (Å²) in [6.07, 6.45) is 37.4. The first-order valence-corrected chi connectivity index (χ1v) is 25.6. The van der Waals surface area contributed by atoms with Crippen LogP contribution in [0.3, 0.4) is 0 Å². The Morgan fingerprint density at radius 3 is 1.62 bits per heavy atom.